The molecule has 0 bridgehead atoms. The molecule has 6 heteroatoms. The Kier molecular flexibility index (Phi) is 4.13. The smallest absolute Gasteiger partial charge is 0.270 e. The van der Waals surface area contributed by atoms with Crippen LogP contribution in [0.5, 0.6) is 11.6 Å². The molecule has 0 aliphatic heterocycles. The second-order valence-corrected chi connectivity index (χ2v) is 6.01. The number of fused-ring (bicyclic) bond motifs is 1. The first-order chi connectivity index (χ1) is 11.3. The predicted molar refractivity (Wildman–Crippen MR) is 87.5 cm³/mol. The number of benzene rings is 2. The van der Waals surface area contributed by atoms with Crippen LogP contribution in [0.4, 0.5) is 13.2 Å². The van der Waals surface area contributed by atoms with Crippen molar-refractivity contribution in [3.8, 4) is 11.6 Å². The van der Waals surface area contributed by atoms with Crippen LogP contribution >= 0.6 is 11.6 Å². The molecule has 0 amide bonds. The first-order valence-electron chi connectivity index (χ1n) is 7.16. The van der Waals surface area contributed by atoms with Crippen LogP contribution in [0.3, 0.4) is 0 Å². The molecule has 0 saturated carbocycles. The Labute approximate surface area is 141 Å². The van der Waals surface area contributed by atoms with Gasteiger partial charge < -0.3 is 4.74 Å². The van der Waals surface area contributed by atoms with Crippen LogP contribution in [0.25, 0.3) is 10.8 Å². The average molecular weight is 352 g/mol. The lowest BCUT2D eigenvalue weighted by molar-refractivity contribution is 0.0175. The van der Waals surface area contributed by atoms with Crippen molar-refractivity contribution in [3.63, 3.8) is 0 Å². The number of aromatic nitrogens is 1. The van der Waals surface area contributed by atoms with Gasteiger partial charge in [-0.15, -0.1) is 0 Å². The van der Waals surface area contributed by atoms with E-state index in [4.69, 9.17) is 16.3 Å². The van der Waals surface area contributed by atoms with Gasteiger partial charge in [0.25, 0.3) is 11.8 Å². The van der Waals surface area contributed by atoms with Crippen molar-refractivity contribution in [1.82, 2.24) is 4.98 Å². The quantitative estimate of drug-likeness (QED) is 0.557. The number of alkyl halides is 2. The van der Waals surface area contributed by atoms with E-state index in [1.54, 1.807) is 25.1 Å². The van der Waals surface area contributed by atoms with Crippen LogP contribution in [-0.2, 0) is 5.92 Å². The Morgan fingerprint density at radius 2 is 1.92 bits per heavy atom. The summed E-state index contributed by atoms with van der Waals surface area (Å²) < 4.78 is 46.6. The highest BCUT2D eigenvalue weighted by molar-refractivity contribution is 6.30. The van der Waals surface area contributed by atoms with E-state index in [-0.39, 0.29) is 16.5 Å². The van der Waals surface area contributed by atoms with E-state index in [9.17, 15) is 13.2 Å². The Morgan fingerprint density at radius 1 is 1.17 bits per heavy atom. The minimum atomic E-state index is -2.94. The number of ether oxygens (including phenoxy) is 1. The van der Waals surface area contributed by atoms with Crippen LogP contribution in [0.1, 0.15) is 18.1 Å². The summed E-state index contributed by atoms with van der Waals surface area (Å²) in [6.07, 6.45) is 1.27. The fraction of sp³-hybridized carbons (Fsp3) is 0.167. The minimum absolute atomic E-state index is 0.0829. The minimum Gasteiger partial charge on any atom is -0.436 e. The zero-order chi connectivity index (χ0) is 17.5. The number of pyridine rings is 1. The zero-order valence-electron chi connectivity index (χ0n) is 12.9. The van der Waals surface area contributed by atoms with Crippen molar-refractivity contribution in [2.24, 2.45) is 0 Å². The highest BCUT2D eigenvalue weighted by Crippen LogP contribution is 2.37. The van der Waals surface area contributed by atoms with Gasteiger partial charge in [0.05, 0.1) is 5.02 Å². The number of rotatable bonds is 3. The Hall–Kier alpha value is -2.27. The van der Waals surface area contributed by atoms with Crippen molar-refractivity contribution in [2.45, 2.75) is 19.8 Å². The molecule has 0 atom stereocenters. The van der Waals surface area contributed by atoms with Gasteiger partial charge in [0, 0.05) is 24.1 Å². The standard InChI is InChI=1S/C18H13ClF3NO/c1-10-6-12(18(2,21)22)7-11-4-3-5-15(16(10)11)24-17-14(20)8-13(19)9-23-17/h3-9H,1-2H3. The third-order valence-electron chi connectivity index (χ3n) is 3.62. The van der Waals surface area contributed by atoms with Gasteiger partial charge >= 0.3 is 0 Å². The van der Waals surface area contributed by atoms with Crippen molar-refractivity contribution in [1.29, 1.82) is 0 Å². The number of aryl methyl sites for hydroxylation is 1. The van der Waals surface area contributed by atoms with E-state index < -0.39 is 11.7 Å². The molecule has 0 aliphatic carbocycles. The molecule has 0 spiro atoms. The lowest BCUT2D eigenvalue weighted by atomic mass is 9.98. The highest BCUT2D eigenvalue weighted by Gasteiger charge is 2.25. The summed E-state index contributed by atoms with van der Waals surface area (Å²) in [5.41, 5.74) is 0.523. The summed E-state index contributed by atoms with van der Waals surface area (Å²) in [4.78, 5) is 3.82. The van der Waals surface area contributed by atoms with Gasteiger partial charge in [-0.1, -0.05) is 23.7 Å². The van der Waals surface area contributed by atoms with E-state index in [1.165, 1.54) is 18.3 Å². The average Bonchev–Trinajstić information content (AvgIpc) is 2.49. The largest absolute Gasteiger partial charge is 0.436 e. The molecule has 2 nitrogen and oxygen atoms in total. The molecule has 0 N–H and O–H groups in total. The molecule has 3 aromatic rings. The molecule has 1 aromatic heterocycles. The normalized spacial score (nSPS) is 11.8. The third-order valence-corrected chi connectivity index (χ3v) is 3.83. The molecule has 3 rings (SSSR count). The first kappa shape index (κ1) is 16.6. The van der Waals surface area contributed by atoms with E-state index in [0.29, 0.717) is 22.1 Å². The summed E-state index contributed by atoms with van der Waals surface area (Å²) >= 11 is 5.67. The maximum Gasteiger partial charge on any atom is 0.270 e. The van der Waals surface area contributed by atoms with Crippen molar-refractivity contribution in [3.05, 3.63) is 64.6 Å². The molecule has 1 heterocycles. The number of hydrogen-bond donors (Lipinski definition) is 0. The van der Waals surface area contributed by atoms with E-state index in [0.717, 1.165) is 13.0 Å². The topological polar surface area (TPSA) is 22.1 Å². The van der Waals surface area contributed by atoms with Gasteiger partial charge in [-0.05, 0) is 42.1 Å². The van der Waals surface area contributed by atoms with Crippen molar-refractivity contribution >= 4 is 22.4 Å². The molecular weight excluding hydrogens is 339 g/mol. The maximum atomic E-state index is 13.9. The first-order valence-corrected chi connectivity index (χ1v) is 7.54. The van der Waals surface area contributed by atoms with Crippen molar-refractivity contribution in [2.75, 3.05) is 0 Å². The van der Waals surface area contributed by atoms with Gasteiger partial charge in [-0.3, -0.25) is 0 Å². The van der Waals surface area contributed by atoms with E-state index >= 15 is 0 Å². The zero-order valence-corrected chi connectivity index (χ0v) is 13.7. The van der Waals surface area contributed by atoms with Crippen LogP contribution < -0.4 is 4.74 Å². The van der Waals surface area contributed by atoms with Gasteiger partial charge in [-0.25, -0.2) is 18.2 Å². The lowest BCUT2D eigenvalue weighted by Gasteiger charge is -2.15. The fourth-order valence-electron chi connectivity index (χ4n) is 2.52. The monoisotopic (exact) mass is 351 g/mol. The molecule has 124 valence electrons. The van der Waals surface area contributed by atoms with Gasteiger partial charge in [0.15, 0.2) is 5.82 Å². The Morgan fingerprint density at radius 3 is 2.58 bits per heavy atom. The van der Waals surface area contributed by atoms with Crippen LogP contribution in [0.15, 0.2) is 42.6 Å². The molecule has 0 radical (unpaired) electrons. The lowest BCUT2D eigenvalue weighted by Crippen LogP contribution is -2.07. The fourth-order valence-corrected chi connectivity index (χ4v) is 2.67. The molecule has 0 saturated heterocycles. The SMILES string of the molecule is Cc1cc(C(C)(F)F)cc2cccc(Oc3ncc(Cl)cc3F)c12. The van der Waals surface area contributed by atoms with Crippen LogP contribution in [-0.4, -0.2) is 4.98 Å². The Balaban J connectivity index is 2.12. The Bertz CT molecular complexity index is 922. The van der Waals surface area contributed by atoms with Crippen molar-refractivity contribution < 1.29 is 17.9 Å². The van der Waals surface area contributed by atoms with Gasteiger partial charge in [0.1, 0.15) is 5.75 Å². The maximum absolute atomic E-state index is 13.9. The molecule has 24 heavy (non-hydrogen) atoms. The van der Waals surface area contributed by atoms with Crippen LogP contribution in [0.2, 0.25) is 5.02 Å². The summed E-state index contributed by atoms with van der Waals surface area (Å²) in [5.74, 6) is -3.53. The summed E-state index contributed by atoms with van der Waals surface area (Å²) in [7, 11) is 0. The molecule has 0 unspecified atom stereocenters. The highest BCUT2D eigenvalue weighted by atomic mass is 35.5. The predicted octanol–water partition coefficient (Wildman–Crippen LogP) is 6.24. The van der Waals surface area contributed by atoms with E-state index in [1.807, 2.05) is 0 Å². The second kappa shape index (κ2) is 5.98. The van der Waals surface area contributed by atoms with Crippen LogP contribution in [0, 0.1) is 12.7 Å². The second-order valence-electron chi connectivity index (χ2n) is 5.58. The number of halogens is 4. The molecule has 2 aromatic carbocycles. The third kappa shape index (κ3) is 3.17. The molecular formula is C18H13ClF3NO. The summed E-state index contributed by atoms with van der Waals surface area (Å²) in [6.45, 7) is 2.55. The summed E-state index contributed by atoms with van der Waals surface area (Å²) in [6, 6.07) is 8.90. The number of hydrogen-bond acceptors (Lipinski definition) is 2. The molecule has 0 fully saturated rings. The number of nitrogens with zero attached hydrogens (tertiary/aromatic N) is 1. The molecule has 0 aliphatic rings. The van der Waals surface area contributed by atoms with Gasteiger partial charge in [0.2, 0.25) is 0 Å². The summed E-state index contributed by atoms with van der Waals surface area (Å²) in [5, 5.41) is 1.36. The van der Waals surface area contributed by atoms with Gasteiger partial charge in [-0.2, -0.15) is 0 Å². The van der Waals surface area contributed by atoms with E-state index in [2.05, 4.69) is 4.98 Å².